The van der Waals surface area contributed by atoms with Crippen molar-refractivity contribution in [3.05, 3.63) is 53.2 Å². The molecule has 0 radical (unpaired) electrons. The van der Waals surface area contributed by atoms with Crippen molar-refractivity contribution in [3.63, 3.8) is 0 Å². The smallest absolute Gasteiger partial charge is 0.215 e. The van der Waals surface area contributed by atoms with Gasteiger partial charge in [-0.1, -0.05) is 13.8 Å². The second-order valence-electron chi connectivity index (χ2n) is 8.13. The Morgan fingerprint density at radius 3 is 2.17 bits per heavy atom. The molecule has 194 valence electrons. The predicted octanol–water partition coefficient (Wildman–Crippen LogP) is 6.33. The molecule has 0 unspecified atom stereocenters. The molecule has 0 bridgehead atoms. The monoisotopic (exact) mass is 533 g/mol. The van der Waals surface area contributed by atoms with Crippen molar-refractivity contribution < 1.29 is 19.3 Å². The van der Waals surface area contributed by atoms with Crippen molar-refractivity contribution >= 4 is 52.3 Å². The Morgan fingerprint density at radius 2 is 1.56 bits per heavy atom. The lowest BCUT2D eigenvalue weighted by Crippen LogP contribution is -2.07. The number of anilines is 1. The molecule has 0 aliphatic carbocycles. The summed E-state index contributed by atoms with van der Waals surface area (Å²) >= 11 is 0. The number of aryl methyl sites for hydroxylation is 1. The average molecular weight is 534 g/mol. The lowest BCUT2D eigenvalue weighted by Gasteiger charge is -2.17. The van der Waals surface area contributed by atoms with E-state index in [-0.39, 0.29) is 30.7 Å². The summed E-state index contributed by atoms with van der Waals surface area (Å²) in [5.41, 5.74) is 3.37. The number of ether oxygens (including phenoxy) is 3. The van der Waals surface area contributed by atoms with Crippen LogP contribution in [0, 0.1) is 0 Å². The fourth-order valence-corrected chi connectivity index (χ4v) is 4.23. The third-order valence-electron chi connectivity index (χ3n) is 6.02. The van der Waals surface area contributed by atoms with Gasteiger partial charge in [0.15, 0.2) is 11.5 Å². The number of nitrogens with one attached hydrogen (secondary N) is 1. The molecular weight excluding hydrogens is 501 g/mol. The highest BCUT2D eigenvalue weighted by Gasteiger charge is 2.19. The van der Waals surface area contributed by atoms with Gasteiger partial charge in [0.25, 0.3) is 0 Å². The van der Waals surface area contributed by atoms with Gasteiger partial charge in [0.05, 0.1) is 32.5 Å². The number of fused-ring (bicyclic) bond motifs is 2. The number of methoxy groups -OCH3 is 3. The van der Waals surface area contributed by atoms with Gasteiger partial charge in [-0.3, -0.25) is 0 Å². The number of rotatable bonds is 9. The minimum Gasteiger partial charge on any atom is -0.497 e. The van der Waals surface area contributed by atoms with Crippen molar-refractivity contribution in [2.75, 3.05) is 33.2 Å². The summed E-state index contributed by atoms with van der Waals surface area (Å²) in [4.78, 5) is 9.40. The molecule has 0 fully saturated rings. The topological polar surface area (TPSA) is 85.7 Å². The molecule has 2 aromatic heterocycles. The Balaban J connectivity index is 0.00000228. The Hall–Kier alpha value is -3.16. The summed E-state index contributed by atoms with van der Waals surface area (Å²) in [6.07, 6.45) is 2.10. The zero-order valence-corrected chi connectivity index (χ0v) is 22.8. The molecule has 0 atom stereocenters. The van der Waals surface area contributed by atoms with E-state index in [4.69, 9.17) is 19.2 Å². The Kier molecular flexibility index (Phi) is 10.3. The molecule has 4 aromatic rings. The third-order valence-corrected chi connectivity index (χ3v) is 6.02. The van der Waals surface area contributed by atoms with Crippen LogP contribution >= 0.6 is 24.8 Å². The molecule has 0 aliphatic heterocycles. The fraction of sp³-hybridized carbons (Fsp3) is 0.333. The quantitative estimate of drug-likeness (QED) is 0.259. The first-order valence-electron chi connectivity index (χ1n) is 11.5. The van der Waals surface area contributed by atoms with Crippen molar-refractivity contribution in [2.24, 2.45) is 0 Å². The first kappa shape index (κ1) is 29.1. The molecule has 2 heterocycles. The molecule has 0 aliphatic rings. The van der Waals surface area contributed by atoms with Crippen LogP contribution in [0.15, 0.2) is 36.4 Å². The van der Waals surface area contributed by atoms with E-state index >= 15 is 0 Å². The van der Waals surface area contributed by atoms with Crippen molar-refractivity contribution in [2.45, 2.75) is 33.1 Å². The number of aromatic nitrogens is 2. The number of pyridine rings is 2. The molecule has 0 saturated carbocycles. The molecule has 0 spiro atoms. The Bertz CT molecular complexity index is 1350. The van der Waals surface area contributed by atoms with E-state index in [1.165, 1.54) is 0 Å². The van der Waals surface area contributed by atoms with Gasteiger partial charge in [-0.25, -0.2) is 9.97 Å². The fourth-order valence-electron chi connectivity index (χ4n) is 4.23. The molecule has 9 heteroatoms. The second-order valence-corrected chi connectivity index (χ2v) is 8.13. The van der Waals surface area contributed by atoms with Gasteiger partial charge in [0.2, 0.25) is 5.88 Å². The van der Waals surface area contributed by atoms with Crippen LogP contribution in [0.2, 0.25) is 0 Å². The maximum Gasteiger partial charge on any atom is 0.215 e. The van der Waals surface area contributed by atoms with Crippen LogP contribution in [-0.2, 0) is 12.8 Å². The molecule has 4 rings (SSSR count). The molecule has 0 amide bonds. The predicted molar refractivity (Wildman–Crippen MR) is 150 cm³/mol. The highest BCUT2D eigenvalue weighted by Crippen LogP contribution is 2.39. The zero-order valence-electron chi connectivity index (χ0n) is 21.2. The van der Waals surface area contributed by atoms with Crippen LogP contribution in [0.4, 0.5) is 5.82 Å². The van der Waals surface area contributed by atoms with E-state index < -0.39 is 0 Å². The maximum atomic E-state index is 11.0. The minimum absolute atomic E-state index is 0. The lowest BCUT2D eigenvalue weighted by molar-refractivity contribution is 0.355. The Labute approximate surface area is 224 Å². The molecule has 7 nitrogen and oxygen atoms in total. The summed E-state index contributed by atoms with van der Waals surface area (Å²) in [6.45, 7) is 4.93. The molecule has 0 saturated heterocycles. The summed E-state index contributed by atoms with van der Waals surface area (Å²) in [7, 11) is 4.88. The zero-order chi connectivity index (χ0) is 24.2. The van der Waals surface area contributed by atoms with E-state index in [0.29, 0.717) is 24.3 Å². The maximum absolute atomic E-state index is 11.0. The first-order chi connectivity index (χ1) is 16.5. The van der Waals surface area contributed by atoms with Gasteiger partial charge in [0, 0.05) is 29.3 Å². The summed E-state index contributed by atoms with van der Waals surface area (Å²) in [5, 5.41) is 17.2. The number of halogens is 2. The van der Waals surface area contributed by atoms with Crippen LogP contribution in [0.1, 0.15) is 37.1 Å². The van der Waals surface area contributed by atoms with Crippen LogP contribution in [0.3, 0.4) is 0 Å². The highest BCUT2D eigenvalue weighted by atomic mass is 35.5. The largest absolute Gasteiger partial charge is 0.497 e. The third kappa shape index (κ3) is 5.63. The van der Waals surface area contributed by atoms with Gasteiger partial charge in [-0.2, -0.15) is 0 Å². The van der Waals surface area contributed by atoms with Crippen molar-refractivity contribution in [3.8, 4) is 23.1 Å². The normalized spacial score (nSPS) is 10.5. The van der Waals surface area contributed by atoms with Crippen LogP contribution in [0.5, 0.6) is 23.1 Å². The van der Waals surface area contributed by atoms with Crippen molar-refractivity contribution in [1.82, 2.24) is 9.97 Å². The van der Waals surface area contributed by atoms with Gasteiger partial charge in [-0.05, 0) is 60.2 Å². The Morgan fingerprint density at radius 1 is 0.861 bits per heavy atom. The molecule has 36 heavy (non-hydrogen) atoms. The average Bonchev–Trinajstić information content (AvgIpc) is 2.87. The molecule has 2 N–H and O–H groups in total. The summed E-state index contributed by atoms with van der Waals surface area (Å²) in [5.74, 6) is 2.83. The van der Waals surface area contributed by atoms with Crippen LogP contribution in [-0.4, -0.2) is 42.9 Å². The van der Waals surface area contributed by atoms with Crippen LogP contribution in [0.25, 0.3) is 21.7 Å². The molecule has 2 aromatic carbocycles. The number of nitrogens with zero attached hydrogens (tertiary/aromatic N) is 2. The number of hydrogen-bond acceptors (Lipinski definition) is 7. The van der Waals surface area contributed by atoms with Gasteiger partial charge >= 0.3 is 0 Å². The van der Waals surface area contributed by atoms with E-state index in [9.17, 15) is 5.11 Å². The number of hydrogen-bond donors (Lipinski definition) is 2. The lowest BCUT2D eigenvalue weighted by atomic mass is 9.96. The van der Waals surface area contributed by atoms with Gasteiger partial charge in [-0.15, -0.1) is 24.8 Å². The van der Waals surface area contributed by atoms with E-state index in [1.54, 1.807) is 21.3 Å². The summed E-state index contributed by atoms with van der Waals surface area (Å²) in [6, 6.07) is 11.8. The molecular formula is C27H33Cl2N3O4. The standard InChI is InChI=1S/C27H31N3O4.2ClH/c1-6-10-28-26-17(11-16-12-18(32-3)8-9-23(16)29-26)13-21-19-14-24(33-4)25(34-5)15-20(19)22(7-2)30-27(21)31;;/h8-9,11-12,14-15H,6-7,10,13H2,1-5H3,(H,28,29)(H,30,31);2*1H. The van der Waals surface area contributed by atoms with Crippen LogP contribution < -0.4 is 19.5 Å². The van der Waals surface area contributed by atoms with E-state index in [2.05, 4.69) is 23.3 Å². The second kappa shape index (κ2) is 12.7. The number of aromatic hydroxyl groups is 1. The van der Waals surface area contributed by atoms with E-state index in [0.717, 1.165) is 63.0 Å². The SMILES string of the molecule is CCCNc1nc2ccc(OC)cc2cc1Cc1c(O)nc(CC)c2cc(OC)c(OC)cc12.Cl.Cl. The minimum atomic E-state index is 0. The number of benzene rings is 2. The van der Waals surface area contributed by atoms with Gasteiger partial charge < -0.3 is 24.6 Å². The highest BCUT2D eigenvalue weighted by molar-refractivity contribution is 5.92. The summed E-state index contributed by atoms with van der Waals surface area (Å²) < 4.78 is 16.5. The van der Waals surface area contributed by atoms with Gasteiger partial charge in [0.1, 0.15) is 11.6 Å². The first-order valence-corrected chi connectivity index (χ1v) is 11.5. The van der Waals surface area contributed by atoms with Crippen molar-refractivity contribution in [1.29, 1.82) is 0 Å². The van der Waals surface area contributed by atoms with E-state index in [1.807, 2.05) is 37.3 Å².